The van der Waals surface area contributed by atoms with Gasteiger partial charge in [-0.2, -0.15) is 0 Å². The number of halogens is 1. The Labute approximate surface area is 139 Å². The van der Waals surface area contributed by atoms with Crippen LogP contribution < -0.4 is 11.1 Å². The molecule has 1 saturated heterocycles. The molecule has 0 radical (unpaired) electrons. The SMILES string of the molecule is CC1CN(C(C)(C)CN=C(N)NC2CC2)CC(C)O1.I. The zero-order chi connectivity index (χ0) is 14.0. The minimum Gasteiger partial charge on any atom is -0.373 e. The summed E-state index contributed by atoms with van der Waals surface area (Å²) in [4.78, 5) is 6.96. The molecule has 0 aromatic heterocycles. The van der Waals surface area contributed by atoms with E-state index in [4.69, 9.17) is 10.5 Å². The van der Waals surface area contributed by atoms with Crippen molar-refractivity contribution in [2.75, 3.05) is 19.6 Å². The lowest BCUT2D eigenvalue weighted by molar-refractivity contribution is -0.0939. The highest BCUT2D eigenvalue weighted by Gasteiger charge is 2.33. The highest BCUT2D eigenvalue weighted by atomic mass is 127. The molecular weight excluding hydrogens is 367 g/mol. The molecule has 2 fully saturated rings. The quantitative estimate of drug-likeness (QED) is 0.430. The van der Waals surface area contributed by atoms with Crippen molar-refractivity contribution in [2.45, 2.75) is 64.3 Å². The van der Waals surface area contributed by atoms with Crippen LogP contribution in [0.2, 0.25) is 0 Å². The maximum atomic E-state index is 5.90. The number of morpholine rings is 1. The first-order chi connectivity index (χ1) is 8.87. The van der Waals surface area contributed by atoms with Crippen LogP contribution in [0, 0.1) is 0 Å². The lowest BCUT2D eigenvalue weighted by atomic mass is 10.0. The van der Waals surface area contributed by atoms with Crippen LogP contribution in [-0.4, -0.2) is 54.3 Å². The minimum absolute atomic E-state index is 0. The summed E-state index contributed by atoms with van der Waals surface area (Å²) >= 11 is 0. The molecule has 20 heavy (non-hydrogen) atoms. The van der Waals surface area contributed by atoms with Crippen molar-refractivity contribution in [3.8, 4) is 0 Å². The molecule has 1 saturated carbocycles. The second kappa shape index (κ2) is 7.26. The van der Waals surface area contributed by atoms with Crippen LogP contribution in [0.25, 0.3) is 0 Å². The van der Waals surface area contributed by atoms with E-state index in [9.17, 15) is 0 Å². The molecule has 6 heteroatoms. The summed E-state index contributed by atoms with van der Waals surface area (Å²) in [6.07, 6.45) is 3.01. The lowest BCUT2D eigenvalue weighted by Crippen LogP contribution is -2.56. The van der Waals surface area contributed by atoms with E-state index in [0.29, 0.717) is 12.0 Å². The van der Waals surface area contributed by atoms with Gasteiger partial charge in [0.15, 0.2) is 5.96 Å². The first-order valence-corrected chi connectivity index (χ1v) is 7.34. The number of aliphatic imine (C=N–C) groups is 1. The average Bonchev–Trinajstić information content (AvgIpc) is 3.09. The third-order valence-corrected chi connectivity index (χ3v) is 3.84. The number of guanidine groups is 1. The van der Waals surface area contributed by atoms with E-state index in [1.54, 1.807) is 0 Å². The summed E-state index contributed by atoms with van der Waals surface area (Å²) in [5.74, 6) is 0.588. The van der Waals surface area contributed by atoms with Gasteiger partial charge in [-0.1, -0.05) is 0 Å². The van der Waals surface area contributed by atoms with Crippen LogP contribution in [0.15, 0.2) is 4.99 Å². The van der Waals surface area contributed by atoms with Crippen LogP contribution in [-0.2, 0) is 4.74 Å². The molecule has 1 heterocycles. The van der Waals surface area contributed by atoms with Crippen molar-refractivity contribution in [1.29, 1.82) is 0 Å². The zero-order valence-corrected chi connectivity index (χ0v) is 15.4. The molecule has 118 valence electrons. The number of hydrogen-bond acceptors (Lipinski definition) is 3. The van der Waals surface area contributed by atoms with Gasteiger partial charge in [-0.25, -0.2) is 0 Å². The van der Waals surface area contributed by atoms with Crippen molar-refractivity contribution in [3.63, 3.8) is 0 Å². The standard InChI is InChI=1S/C14H28N4O.HI/c1-10-7-18(8-11(2)19-10)14(3,4)9-16-13(15)17-12-5-6-12;/h10-12H,5-9H2,1-4H3,(H3,15,16,17);1H. The van der Waals surface area contributed by atoms with Crippen LogP contribution >= 0.6 is 24.0 Å². The molecule has 1 aliphatic carbocycles. The Morgan fingerprint density at radius 3 is 2.35 bits per heavy atom. The number of hydrogen-bond donors (Lipinski definition) is 2. The van der Waals surface area contributed by atoms with Gasteiger partial charge in [-0.15, -0.1) is 24.0 Å². The second-order valence-electron chi connectivity index (χ2n) is 6.59. The third-order valence-electron chi connectivity index (χ3n) is 3.84. The Bertz CT molecular complexity index is 334. The molecule has 0 spiro atoms. The fraction of sp³-hybridized carbons (Fsp3) is 0.929. The highest BCUT2D eigenvalue weighted by molar-refractivity contribution is 14.0. The number of ether oxygens (including phenoxy) is 1. The van der Waals surface area contributed by atoms with Gasteiger partial charge in [-0.3, -0.25) is 9.89 Å². The van der Waals surface area contributed by atoms with E-state index in [0.717, 1.165) is 19.6 Å². The Hall–Kier alpha value is -0.0800. The van der Waals surface area contributed by atoms with E-state index in [-0.39, 0.29) is 41.7 Å². The molecule has 0 amide bonds. The van der Waals surface area contributed by atoms with Crippen LogP contribution in [0.4, 0.5) is 0 Å². The van der Waals surface area contributed by atoms with Crippen molar-refractivity contribution >= 4 is 29.9 Å². The Morgan fingerprint density at radius 2 is 1.85 bits per heavy atom. The van der Waals surface area contributed by atoms with Gasteiger partial charge in [0, 0.05) is 24.7 Å². The molecule has 1 aliphatic heterocycles. The fourth-order valence-corrected chi connectivity index (χ4v) is 2.53. The van der Waals surface area contributed by atoms with E-state index >= 15 is 0 Å². The molecule has 0 bridgehead atoms. The van der Waals surface area contributed by atoms with Gasteiger partial charge in [0.1, 0.15) is 0 Å². The molecule has 2 rings (SSSR count). The first-order valence-electron chi connectivity index (χ1n) is 7.34. The summed E-state index contributed by atoms with van der Waals surface area (Å²) in [5, 5.41) is 3.23. The molecule has 2 aliphatic rings. The van der Waals surface area contributed by atoms with Gasteiger partial charge in [0.2, 0.25) is 0 Å². The summed E-state index contributed by atoms with van der Waals surface area (Å²) < 4.78 is 5.78. The molecular formula is C14H29IN4O. The van der Waals surface area contributed by atoms with Gasteiger partial charge in [-0.05, 0) is 40.5 Å². The number of nitrogens with zero attached hydrogens (tertiary/aromatic N) is 2. The Kier molecular flexibility index (Phi) is 6.53. The number of rotatable bonds is 4. The Morgan fingerprint density at radius 1 is 1.30 bits per heavy atom. The second-order valence-corrected chi connectivity index (χ2v) is 6.59. The number of nitrogens with two attached hydrogens (primary N) is 1. The topological polar surface area (TPSA) is 62.9 Å². The Balaban J connectivity index is 0.00000200. The molecule has 0 aromatic carbocycles. The van der Waals surface area contributed by atoms with Crippen molar-refractivity contribution in [3.05, 3.63) is 0 Å². The lowest BCUT2D eigenvalue weighted by Gasteiger charge is -2.44. The number of nitrogens with one attached hydrogen (secondary N) is 1. The van der Waals surface area contributed by atoms with Crippen LogP contribution in [0.3, 0.4) is 0 Å². The predicted octanol–water partition coefficient (Wildman–Crippen LogP) is 1.56. The van der Waals surface area contributed by atoms with Crippen molar-refractivity contribution in [1.82, 2.24) is 10.2 Å². The zero-order valence-electron chi connectivity index (χ0n) is 13.1. The van der Waals surface area contributed by atoms with Crippen molar-refractivity contribution in [2.24, 2.45) is 10.7 Å². The smallest absolute Gasteiger partial charge is 0.188 e. The van der Waals surface area contributed by atoms with Crippen molar-refractivity contribution < 1.29 is 4.74 Å². The summed E-state index contributed by atoms with van der Waals surface area (Å²) in [5.41, 5.74) is 5.92. The van der Waals surface area contributed by atoms with Gasteiger partial charge in [0.05, 0.1) is 18.8 Å². The fourth-order valence-electron chi connectivity index (χ4n) is 2.53. The van der Waals surface area contributed by atoms with E-state index in [2.05, 4.69) is 42.9 Å². The highest BCUT2D eigenvalue weighted by Crippen LogP contribution is 2.22. The molecule has 2 unspecified atom stereocenters. The normalized spacial score (nSPS) is 28.9. The first kappa shape index (κ1) is 18.0. The van der Waals surface area contributed by atoms with Crippen LogP contribution in [0.5, 0.6) is 0 Å². The predicted molar refractivity (Wildman–Crippen MR) is 93.7 cm³/mol. The molecule has 3 N–H and O–H groups in total. The van der Waals surface area contributed by atoms with E-state index < -0.39 is 0 Å². The molecule has 2 atom stereocenters. The average molecular weight is 396 g/mol. The summed E-state index contributed by atoms with van der Waals surface area (Å²) in [6.45, 7) is 11.4. The van der Waals surface area contributed by atoms with Gasteiger partial charge in [0.25, 0.3) is 0 Å². The van der Waals surface area contributed by atoms with Gasteiger partial charge >= 0.3 is 0 Å². The maximum absolute atomic E-state index is 5.90. The molecule has 0 aromatic rings. The van der Waals surface area contributed by atoms with E-state index in [1.807, 2.05) is 0 Å². The summed E-state index contributed by atoms with van der Waals surface area (Å²) in [6, 6.07) is 0.565. The minimum atomic E-state index is 0. The monoisotopic (exact) mass is 396 g/mol. The largest absolute Gasteiger partial charge is 0.373 e. The maximum Gasteiger partial charge on any atom is 0.188 e. The van der Waals surface area contributed by atoms with E-state index in [1.165, 1.54) is 12.8 Å². The molecule has 5 nitrogen and oxygen atoms in total. The van der Waals surface area contributed by atoms with Crippen LogP contribution in [0.1, 0.15) is 40.5 Å². The summed E-state index contributed by atoms with van der Waals surface area (Å²) in [7, 11) is 0. The third kappa shape index (κ3) is 5.37. The van der Waals surface area contributed by atoms with Gasteiger partial charge < -0.3 is 15.8 Å².